The number of hydrogen-bond acceptors (Lipinski definition) is 6. The van der Waals surface area contributed by atoms with Crippen molar-refractivity contribution < 1.29 is 15.4 Å². The predicted octanol–water partition coefficient (Wildman–Crippen LogP) is 2.45. The molecule has 3 aromatic rings. The molecule has 128 valence electrons. The second kappa shape index (κ2) is 7.14. The average Bonchev–Trinajstić information content (AvgIpc) is 3.14. The minimum atomic E-state index is -1.38. The lowest BCUT2D eigenvalue weighted by Crippen LogP contribution is -2.16. The minimum Gasteiger partial charge on any atom is -0.507 e. The first-order chi connectivity index (χ1) is 12.2. The lowest BCUT2D eigenvalue weighted by atomic mass is 9.99. The van der Waals surface area contributed by atoms with Gasteiger partial charge in [-0.15, -0.1) is 5.10 Å². The molecule has 0 radical (unpaired) electrons. The van der Waals surface area contributed by atoms with Crippen LogP contribution in [0.4, 0.5) is 0 Å². The van der Waals surface area contributed by atoms with Crippen LogP contribution in [-0.2, 0) is 6.42 Å². The van der Waals surface area contributed by atoms with Crippen molar-refractivity contribution in [2.24, 2.45) is 5.16 Å². The Bertz CT molecular complexity index is 890. The number of aryl methyl sites for hydroxylation is 1. The zero-order valence-corrected chi connectivity index (χ0v) is 13.6. The highest BCUT2D eigenvalue weighted by Gasteiger charge is 2.25. The van der Waals surface area contributed by atoms with E-state index in [1.54, 1.807) is 18.2 Å². The molecular formula is C18H18N4O3. The van der Waals surface area contributed by atoms with Gasteiger partial charge in [-0.25, -0.2) is 9.67 Å². The number of para-hydroxylation sites is 2. The van der Waals surface area contributed by atoms with Gasteiger partial charge in [0.1, 0.15) is 17.8 Å². The summed E-state index contributed by atoms with van der Waals surface area (Å²) in [6.45, 7) is 1.90. The van der Waals surface area contributed by atoms with Crippen LogP contribution >= 0.6 is 0 Å². The second-order valence-electron chi connectivity index (χ2n) is 5.44. The molecule has 7 nitrogen and oxygen atoms in total. The molecular weight excluding hydrogens is 320 g/mol. The van der Waals surface area contributed by atoms with Crippen molar-refractivity contribution in [3.8, 4) is 11.4 Å². The summed E-state index contributed by atoms with van der Waals surface area (Å²) in [5, 5.41) is 37.6. The van der Waals surface area contributed by atoms with Crippen LogP contribution < -0.4 is 0 Å². The molecule has 0 bridgehead atoms. The first-order valence-electron chi connectivity index (χ1n) is 7.84. The van der Waals surface area contributed by atoms with Gasteiger partial charge in [0.25, 0.3) is 0 Å². The van der Waals surface area contributed by atoms with Gasteiger partial charge in [-0.05, 0) is 30.2 Å². The zero-order chi connectivity index (χ0) is 17.8. The van der Waals surface area contributed by atoms with Crippen LogP contribution in [0, 0.1) is 0 Å². The Morgan fingerprint density at radius 1 is 1.16 bits per heavy atom. The Kier molecular flexibility index (Phi) is 4.76. The molecule has 3 rings (SSSR count). The predicted molar refractivity (Wildman–Crippen MR) is 92.1 cm³/mol. The molecule has 0 fully saturated rings. The van der Waals surface area contributed by atoms with Crippen LogP contribution in [0.2, 0.25) is 0 Å². The van der Waals surface area contributed by atoms with Crippen LogP contribution in [0.5, 0.6) is 5.75 Å². The van der Waals surface area contributed by atoms with Gasteiger partial charge >= 0.3 is 0 Å². The molecule has 0 aliphatic rings. The Labute approximate surface area is 144 Å². The molecule has 1 aromatic heterocycles. The van der Waals surface area contributed by atoms with Crippen LogP contribution in [-0.4, -0.2) is 35.9 Å². The monoisotopic (exact) mass is 338 g/mol. The van der Waals surface area contributed by atoms with E-state index < -0.39 is 6.10 Å². The summed E-state index contributed by atoms with van der Waals surface area (Å²) in [5.74, 6) is 0.0392. The molecule has 0 saturated heterocycles. The van der Waals surface area contributed by atoms with E-state index >= 15 is 0 Å². The Morgan fingerprint density at radius 2 is 1.92 bits per heavy atom. The number of hydrogen-bond donors (Lipinski definition) is 3. The number of nitrogens with zero attached hydrogens (tertiary/aromatic N) is 4. The first kappa shape index (κ1) is 16.7. The van der Waals surface area contributed by atoms with Gasteiger partial charge in [-0.2, -0.15) is 0 Å². The Balaban J connectivity index is 1.94. The molecule has 25 heavy (non-hydrogen) atoms. The van der Waals surface area contributed by atoms with Crippen molar-refractivity contribution in [3.05, 3.63) is 71.8 Å². The van der Waals surface area contributed by atoms with Crippen LogP contribution in [0.15, 0.2) is 60.0 Å². The van der Waals surface area contributed by atoms with E-state index in [9.17, 15) is 15.4 Å². The highest BCUT2D eigenvalue weighted by atomic mass is 16.4. The maximum Gasteiger partial charge on any atom is 0.185 e. The van der Waals surface area contributed by atoms with E-state index in [4.69, 9.17) is 0 Å². The maximum atomic E-state index is 10.5. The molecule has 0 aliphatic heterocycles. The molecule has 1 atom stereocenters. The Hall–Kier alpha value is -3.19. The molecule has 7 heteroatoms. The summed E-state index contributed by atoms with van der Waals surface area (Å²) < 4.78 is 1.51. The Morgan fingerprint density at radius 3 is 2.60 bits per heavy atom. The molecule has 0 amide bonds. The van der Waals surface area contributed by atoms with Crippen molar-refractivity contribution in [1.29, 1.82) is 0 Å². The van der Waals surface area contributed by atoms with Gasteiger partial charge in [-0.3, -0.25) is 0 Å². The number of phenolic OH excluding ortho intramolecular Hbond substituents is 1. The highest BCUT2D eigenvalue weighted by molar-refractivity contribution is 6.05. The van der Waals surface area contributed by atoms with E-state index in [-0.39, 0.29) is 22.8 Å². The summed E-state index contributed by atoms with van der Waals surface area (Å²) in [6.07, 6.45) is 0.688. The van der Waals surface area contributed by atoms with E-state index in [0.717, 1.165) is 5.69 Å². The molecule has 2 aromatic carbocycles. The number of oxime groups is 1. The number of phenols is 1. The van der Waals surface area contributed by atoms with Crippen molar-refractivity contribution in [1.82, 2.24) is 14.8 Å². The number of aliphatic hydroxyl groups excluding tert-OH is 1. The smallest absolute Gasteiger partial charge is 0.185 e. The lowest BCUT2D eigenvalue weighted by molar-refractivity contribution is 0.226. The van der Waals surface area contributed by atoms with Crippen LogP contribution in [0.3, 0.4) is 0 Å². The van der Waals surface area contributed by atoms with Gasteiger partial charge in [0.15, 0.2) is 11.9 Å². The van der Waals surface area contributed by atoms with E-state index in [1.807, 2.05) is 37.3 Å². The summed E-state index contributed by atoms with van der Waals surface area (Å²) in [5.41, 5.74) is 1.60. The SMILES string of the molecule is CCc1cccc(/C(=N\O)C(O)c2ncn(-c3ccccc3)n2)c1O. The van der Waals surface area contributed by atoms with E-state index in [2.05, 4.69) is 15.2 Å². The third-order valence-electron chi connectivity index (χ3n) is 3.92. The van der Waals surface area contributed by atoms with Gasteiger partial charge in [0, 0.05) is 5.56 Å². The van der Waals surface area contributed by atoms with Gasteiger partial charge in [-0.1, -0.05) is 42.4 Å². The maximum absolute atomic E-state index is 10.5. The van der Waals surface area contributed by atoms with Crippen molar-refractivity contribution in [2.75, 3.05) is 0 Å². The standard InChI is InChI=1S/C18H18N4O3/c1-2-12-7-6-10-14(16(12)23)15(21-25)17(24)18-19-11-22(20-18)13-8-4-3-5-9-13/h3-11,17,23-25H,2H2,1H3/b21-15+. The largest absolute Gasteiger partial charge is 0.507 e. The van der Waals surface area contributed by atoms with Crippen LogP contribution in [0.1, 0.15) is 30.0 Å². The van der Waals surface area contributed by atoms with E-state index in [1.165, 1.54) is 11.0 Å². The first-order valence-corrected chi connectivity index (χ1v) is 7.84. The minimum absolute atomic E-state index is 0.0284. The molecule has 1 heterocycles. The van der Waals surface area contributed by atoms with Gasteiger partial charge in [0.2, 0.25) is 0 Å². The summed E-state index contributed by atoms with van der Waals surface area (Å²) in [7, 11) is 0. The van der Waals surface area contributed by atoms with Crippen molar-refractivity contribution in [2.45, 2.75) is 19.4 Å². The normalized spacial score (nSPS) is 13.0. The molecule has 1 unspecified atom stereocenters. The summed E-state index contributed by atoms with van der Waals surface area (Å²) in [6, 6.07) is 14.4. The summed E-state index contributed by atoms with van der Waals surface area (Å²) in [4.78, 5) is 4.09. The number of rotatable bonds is 5. The number of aromatic nitrogens is 3. The fourth-order valence-electron chi connectivity index (χ4n) is 2.57. The fraction of sp³-hybridized carbons (Fsp3) is 0.167. The topological polar surface area (TPSA) is 104 Å². The van der Waals surface area contributed by atoms with Gasteiger partial charge in [0.05, 0.1) is 5.69 Å². The quantitative estimate of drug-likeness (QED) is 0.377. The lowest BCUT2D eigenvalue weighted by Gasteiger charge is -2.13. The van der Waals surface area contributed by atoms with Gasteiger partial charge < -0.3 is 15.4 Å². The van der Waals surface area contributed by atoms with Crippen LogP contribution in [0.25, 0.3) is 5.69 Å². The summed E-state index contributed by atoms with van der Waals surface area (Å²) >= 11 is 0. The number of benzene rings is 2. The van der Waals surface area contributed by atoms with Crippen molar-refractivity contribution in [3.63, 3.8) is 0 Å². The second-order valence-corrected chi connectivity index (χ2v) is 5.44. The molecule has 0 aliphatic carbocycles. The molecule has 0 saturated carbocycles. The molecule has 0 spiro atoms. The fourth-order valence-corrected chi connectivity index (χ4v) is 2.57. The number of aliphatic hydroxyl groups is 1. The van der Waals surface area contributed by atoms with E-state index in [0.29, 0.717) is 12.0 Å². The highest BCUT2D eigenvalue weighted by Crippen LogP contribution is 2.27. The third-order valence-corrected chi connectivity index (χ3v) is 3.92. The average molecular weight is 338 g/mol. The number of aromatic hydroxyl groups is 1. The van der Waals surface area contributed by atoms with Crippen molar-refractivity contribution >= 4 is 5.71 Å². The molecule has 3 N–H and O–H groups in total. The third kappa shape index (κ3) is 3.22. The zero-order valence-electron chi connectivity index (χ0n) is 13.6.